The maximum Gasteiger partial charge on any atom is 0.306 e. The fourth-order valence-corrected chi connectivity index (χ4v) is 6.72. The third-order valence-electron chi connectivity index (χ3n) is 9.83. The van der Waals surface area contributed by atoms with Gasteiger partial charge in [-0.05, 0) is 38.5 Å². The predicted molar refractivity (Wildman–Crippen MR) is 200 cm³/mol. The molecule has 0 radical (unpaired) electrons. The van der Waals surface area contributed by atoms with Crippen molar-refractivity contribution in [2.45, 2.75) is 258 Å². The largest absolute Gasteiger partial charge is 0.481 e. The average Bonchev–Trinajstić information content (AvgIpc) is 3.04. The van der Waals surface area contributed by atoms with Crippen LogP contribution in [0.25, 0.3) is 0 Å². The van der Waals surface area contributed by atoms with Gasteiger partial charge >= 0.3 is 11.9 Å². The molecule has 0 aromatic heterocycles. The fraction of sp³-hybridized carbons (Fsp3) is 0.952. The van der Waals surface area contributed by atoms with E-state index in [1.807, 2.05) is 0 Å². The smallest absolute Gasteiger partial charge is 0.306 e. The average molecular weight is 651 g/mol. The van der Waals surface area contributed by atoms with Gasteiger partial charge in [0.05, 0.1) is 0 Å². The summed E-state index contributed by atoms with van der Waals surface area (Å²) in [4.78, 5) is 23.3. The summed E-state index contributed by atoms with van der Waals surface area (Å²) in [5.41, 5.74) is 0. The van der Waals surface area contributed by atoms with Crippen LogP contribution in [0.1, 0.15) is 251 Å². The Labute approximate surface area is 288 Å². The third-order valence-corrected chi connectivity index (χ3v) is 9.83. The highest BCUT2D eigenvalue weighted by Crippen LogP contribution is 2.19. The molecule has 0 aliphatic rings. The van der Waals surface area contributed by atoms with Crippen LogP contribution < -0.4 is 0 Å². The lowest BCUT2D eigenvalue weighted by molar-refractivity contribution is -0.150. The van der Waals surface area contributed by atoms with E-state index in [9.17, 15) is 9.59 Å². The number of carboxylic acid groups (broad SMARTS) is 1. The first-order chi connectivity index (χ1) is 22.6. The van der Waals surface area contributed by atoms with Crippen molar-refractivity contribution in [3.05, 3.63) is 0 Å². The number of carbonyl (C=O) groups is 2. The molecule has 4 heteroatoms. The molecule has 0 saturated heterocycles. The highest BCUT2D eigenvalue weighted by Gasteiger charge is 2.14. The van der Waals surface area contributed by atoms with E-state index >= 15 is 0 Å². The molecule has 0 aliphatic carbocycles. The second-order valence-corrected chi connectivity index (χ2v) is 14.5. The van der Waals surface area contributed by atoms with Gasteiger partial charge in [0.25, 0.3) is 0 Å². The van der Waals surface area contributed by atoms with Gasteiger partial charge in [0.1, 0.15) is 6.10 Å². The maximum absolute atomic E-state index is 12.6. The Bertz CT molecular complexity index is 619. The van der Waals surface area contributed by atoms with Crippen LogP contribution in [-0.2, 0) is 14.3 Å². The Morgan fingerprint density at radius 1 is 0.391 bits per heavy atom. The van der Waals surface area contributed by atoms with E-state index in [4.69, 9.17) is 9.84 Å². The first-order valence-corrected chi connectivity index (χ1v) is 21.0. The van der Waals surface area contributed by atoms with Crippen LogP contribution in [0.15, 0.2) is 0 Å². The third kappa shape index (κ3) is 37.4. The number of ether oxygens (including phenoxy) is 1. The molecule has 1 atom stereocenters. The molecule has 0 heterocycles. The fourth-order valence-electron chi connectivity index (χ4n) is 6.72. The molecule has 4 nitrogen and oxygen atoms in total. The minimum atomic E-state index is -0.690. The molecule has 0 aliphatic heterocycles. The van der Waals surface area contributed by atoms with Crippen LogP contribution in [0.5, 0.6) is 0 Å². The van der Waals surface area contributed by atoms with Crippen LogP contribution in [0.3, 0.4) is 0 Å². The Kier molecular flexibility index (Phi) is 37.5. The minimum Gasteiger partial charge on any atom is -0.481 e. The summed E-state index contributed by atoms with van der Waals surface area (Å²) in [5, 5.41) is 8.77. The van der Waals surface area contributed by atoms with Gasteiger partial charge in [0, 0.05) is 12.8 Å². The molecule has 1 N–H and O–H groups in total. The van der Waals surface area contributed by atoms with E-state index in [0.717, 1.165) is 70.6 Å². The molecule has 274 valence electrons. The number of hydrogen-bond donors (Lipinski definition) is 1. The van der Waals surface area contributed by atoms with E-state index in [2.05, 4.69) is 13.8 Å². The number of carbonyl (C=O) groups excluding carboxylic acids is 1. The highest BCUT2D eigenvalue weighted by molar-refractivity contribution is 5.69. The van der Waals surface area contributed by atoms with Crippen molar-refractivity contribution in [1.29, 1.82) is 0 Å². The van der Waals surface area contributed by atoms with Gasteiger partial charge in [0.2, 0.25) is 0 Å². The molecule has 0 amide bonds. The predicted octanol–water partition coefficient (Wildman–Crippen LogP) is 14.5. The Morgan fingerprint density at radius 3 is 0.957 bits per heavy atom. The molecular formula is C42H82O4. The lowest BCUT2D eigenvalue weighted by Crippen LogP contribution is -2.18. The van der Waals surface area contributed by atoms with E-state index in [1.54, 1.807) is 0 Å². The van der Waals surface area contributed by atoms with Gasteiger partial charge in [-0.1, -0.05) is 200 Å². The summed E-state index contributed by atoms with van der Waals surface area (Å²) in [5.74, 6) is -0.674. The minimum absolute atomic E-state index is 0.0162. The topological polar surface area (TPSA) is 63.6 Å². The van der Waals surface area contributed by atoms with Crippen molar-refractivity contribution in [2.24, 2.45) is 0 Å². The second-order valence-electron chi connectivity index (χ2n) is 14.5. The number of carboxylic acids is 1. The molecule has 0 saturated carbocycles. The standard InChI is InChI=1S/C42H82O4/c1-3-5-7-9-11-12-13-14-15-16-17-18-19-20-21-22-23-24-25-31-35-39-42(45)46-40(36-32-28-10-8-6-4-2)37-33-29-26-27-30-34-38-41(43)44/h40H,3-39H2,1-2H3,(H,43,44). The molecule has 0 fully saturated rings. The van der Waals surface area contributed by atoms with Gasteiger partial charge < -0.3 is 9.84 Å². The molecule has 46 heavy (non-hydrogen) atoms. The molecule has 0 aromatic carbocycles. The molecule has 1 unspecified atom stereocenters. The second kappa shape index (κ2) is 38.4. The summed E-state index contributed by atoms with van der Waals surface area (Å²) in [6, 6.07) is 0. The zero-order valence-corrected chi connectivity index (χ0v) is 31.4. The van der Waals surface area contributed by atoms with Crippen molar-refractivity contribution >= 4 is 11.9 Å². The van der Waals surface area contributed by atoms with Crippen molar-refractivity contribution in [3.8, 4) is 0 Å². The Balaban J connectivity index is 3.72. The number of esters is 1. The summed E-state index contributed by atoms with van der Waals surface area (Å²) in [6.07, 6.45) is 45.8. The molecule has 0 bridgehead atoms. The summed E-state index contributed by atoms with van der Waals surface area (Å²) >= 11 is 0. The molecular weight excluding hydrogens is 568 g/mol. The van der Waals surface area contributed by atoms with Gasteiger partial charge in [0.15, 0.2) is 0 Å². The number of rotatable bonds is 39. The Morgan fingerprint density at radius 2 is 0.652 bits per heavy atom. The van der Waals surface area contributed by atoms with Crippen molar-refractivity contribution in [1.82, 2.24) is 0 Å². The van der Waals surface area contributed by atoms with Gasteiger partial charge in [-0.3, -0.25) is 9.59 Å². The number of hydrogen-bond acceptors (Lipinski definition) is 3. The van der Waals surface area contributed by atoms with Crippen LogP contribution in [-0.4, -0.2) is 23.1 Å². The normalized spacial score (nSPS) is 12.0. The van der Waals surface area contributed by atoms with E-state index in [-0.39, 0.29) is 18.5 Å². The monoisotopic (exact) mass is 651 g/mol. The lowest BCUT2D eigenvalue weighted by Gasteiger charge is -2.18. The van der Waals surface area contributed by atoms with Crippen LogP contribution in [0.4, 0.5) is 0 Å². The lowest BCUT2D eigenvalue weighted by atomic mass is 10.0. The van der Waals surface area contributed by atoms with Crippen LogP contribution >= 0.6 is 0 Å². The van der Waals surface area contributed by atoms with Crippen LogP contribution in [0, 0.1) is 0 Å². The van der Waals surface area contributed by atoms with Crippen molar-refractivity contribution < 1.29 is 19.4 Å². The Hall–Kier alpha value is -1.06. The van der Waals surface area contributed by atoms with E-state index in [0.29, 0.717) is 6.42 Å². The molecule has 0 spiro atoms. The first kappa shape index (κ1) is 44.9. The van der Waals surface area contributed by atoms with Gasteiger partial charge in [-0.2, -0.15) is 0 Å². The number of aliphatic carboxylic acids is 1. The SMILES string of the molecule is CCCCCCCCCCCCCCCCCCCCCCCC(=O)OC(CCCCCCCC)CCCCCCCCC(=O)O. The molecule has 0 rings (SSSR count). The highest BCUT2D eigenvalue weighted by atomic mass is 16.5. The summed E-state index contributed by atoms with van der Waals surface area (Å²) < 4.78 is 5.99. The summed E-state index contributed by atoms with van der Waals surface area (Å²) in [7, 11) is 0. The van der Waals surface area contributed by atoms with E-state index < -0.39 is 5.97 Å². The van der Waals surface area contributed by atoms with Crippen LogP contribution in [0.2, 0.25) is 0 Å². The zero-order chi connectivity index (χ0) is 33.6. The molecule has 0 aromatic rings. The summed E-state index contributed by atoms with van der Waals surface area (Å²) in [6.45, 7) is 4.55. The number of unbranched alkanes of at least 4 members (excludes halogenated alkanes) is 30. The zero-order valence-electron chi connectivity index (χ0n) is 31.4. The van der Waals surface area contributed by atoms with Gasteiger partial charge in [-0.25, -0.2) is 0 Å². The first-order valence-electron chi connectivity index (χ1n) is 21.0. The van der Waals surface area contributed by atoms with Crippen molar-refractivity contribution in [2.75, 3.05) is 0 Å². The maximum atomic E-state index is 12.6. The van der Waals surface area contributed by atoms with E-state index in [1.165, 1.54) is 154 Å². The van der Waals surface area contributed by atoms with Gasteiger partial charge in [-0.15, -0.1) is 0 Å². The van der Waals surface area contributed by atoms with Crippen molar-refractivity contribution in [3.63, 3.8) is 0 Å². The quantitative estimate of drug-likeness (QED) is 0.0531.